The lowest BCUT2D eigenvalue weighted by Gasteiger charge is -2.34. The molecule has 19 heavy (non-hydrogen) atoms. The Kier molecular flexibility index (Phi) is 3.63. The first-order valence-corrected chi connectivity index (χ1v) is 6.50. The SMILES string of the molecule is COc1cc(Cl)cc2c1OCC(=O)N(C(C)(C)C)C2. The van der Waals surface area contributed by atoms with Gasteiger partial charge in [-0.25, -0.2) is 0 Å². The standard InChI is InChI=1S/C14H18ClNO3/c1-14(2,3)16-7-9-5-10(15)6-11(18-4)13(9)19-8-12(16)17/h5-6H,7-8H2,1-4H3. The molecule has 1 amide bonds. The number of fused-ring (bicyclic) bond motifs is 1. The average molecular weight is 284 g/mol. The Morgan fingerprint density at radius 1 is 1.37 bits per heavy atom. The van der Waals surface area contributed by atoms with Crippen LogP contribution in [0.2, 0.25) is 5.02 Å². The summed E-state index contributed by atoms with van der Waals surface area (Å²) in [5.74, 6) is 1.12. The van der Waals surface area contributed by atoms with Crippen LogP contribution in [0.25, 0.3) is 0 Å². The van der Waals surface area contributed by atoms with Crippen LogP contribution in [0.1, 0.15) is 26.3 Å². The van der Waals surface area contributed by atoms with Gasteiger partial charge in [-0.3, -0.25) is 4.79 Å². The topological polar surface area (TPSA) is 38.8 Å². The zero-order valence-electron chi connectivity index (χ0n) is 11.6. The number of carbonyl (C=O) groups is 1. The molecule has 0 spiro atoms. The van der Waals surface area contributed by atoms with Crippen LogP contribution in [0.15, 0.2) is 12.1 Å². The van der Waals surface area contributed by atoms with Crippen molar-refractivity contribution in [2.75, 3.05) is 13.7 Å². The van der Waals surface area contributed by atoms with Gasteiger partial charge >= 0.3 is 0 Å². The van der Waals surface area contributed by atoms with Crippen molar-refractivity contribution in [3.63, 3.8) is 0 Å². The molecule has 1 aliphatic heterocycles. The Morgan fingerprint density at radius 3 is 2.63 bits per heavy atom. The maximum absolute atomic E-state index is 12.1. The Hall–Kier alpha value is -1.42. The molecule has 0 saturated carbocycles. The number of carbonyl (C=O) groups excluding carboxylic acids is 1. The molecule has 0 fully saturated rings. The lowest BCUT2D eigenvalue weighted by molar-refractivity contribution is -0.138. The van der Waals surface area contributed by atoms with Gasteiger partial charge in [-0.1, -0.05) is 11.6 Å². The molecule has 0 bridgehead atoms. The van der Waals surface area contributed by atoms with Gasteiger partial charge in [0.25, 0.3) is 5.91 Å². The number of nitrogens with zero attached hydrogens (tertiary/aromatic N) is 1. The predicted molar refractivity (Wildman–Crippen MR) is 73.8 cm³/mol. The predicted octanol–water partition coefficient (Wildman–Crippen LogP) is 2.87. The molecule has 1 heterocycles. The van der Waals surface area contributed by atoms with Crippen molar-refractivity contribution in [2.45, 2.75) is 32.9 Å². The van der Waals surface area contributed by atoms with Crippen LogP contribution in [-0.4, -0.2) is 30.1 Å². The van der Waals surface area contributed by atoms with Crippen LogP contribution in [0.5, 0.6) is 11.5 Å². The first-order valence-electron chi connectivity index (χ1n) is 6.12. The van der Waals surface area contributed by atoms with E-state index in [9.17, 15) is 4.79 Å². The molecule has 0 unspecified atom stereocenters. The molecule has 0 aromatic heterocycles. The molecule has 1 aromatic carbocycles. The highest BCUT2D eigenvalue weighted by molar-refractivity contribution is 6.30. The molecule has 2 rings (SSSR count). The van der Waals surface area contributed by atoms with Crippen molar-refractivity contribution in [3.8, 4) is 11.5 Å². The van der Waals surface area contributed by atoms with Gasteiger partial charge in [-0.15, -0.1) is 0 Å². The number of amides is 1. The van der Waals surface area contributed by atoms with E-state index >= 15 is 0 Å². The first-order chi connectivity index (χ1) is 8.82. The Bertz CT molecular complexity index is 508. The second kappa shape index (κ2) is 4.93. The molecule has 0 N–H and O–H groups in total. The average Bonchev–Trinajstić information content (AvgIpc) is 2.47. The molecule has 0 aliphatic carbocycles. The number of hydrogen-bond acceptors (Lipinski definition) is 3. The summed E-state index contributed by atoms with van der Waals surface area (Å²) in [7, 11) is 1.56. The van der Waals surface area contributed by atoms with Gasteiger partial charge < -0.3 is 14.4 Å². The van der Waals surface area contributed by atoms with Crippen LogP contribution < -0.4 is 9.47 Å². The van der Waals surface area contributed by atoms with E-state index in [0.29, 0.717) is 23.1 Å². The summed E-state index contributed by atoms with van der Waals surface area (Å²) in [6, 6.07) is 3.51. The zero-order valence-corrected chi connectivity index (χ0v) is 12.4. The minimum Gasteiger partial charge on any atom is -0.493 e. The van der Waals surface area contributed by atoms with Crippen LogP contribution >= 0.6 is 11.6 Å². The molecule has 4 nitrogen and oxygen atoms in total. The summed E-state index contributed by atoms with van der Waals surface area (Å²) < 4.78 is 10.9. The minimum absolute atomic E-state index is 0.0161. The second-order valence-corrected chi connectivity index (χ2v) is 5.97. The van der Waals surface area contributed by atoms with Crippen LogP contribution in [0.4, 0.5) is 0 Å². The van der Waals surface area contributed by atoms with Crippen molar-refractivity contribution in [2.24, 2.45) is 0 Å². The summed E-state index contributed by atoms with van der Waals surface area (Å²) in [4.78, 5) is 13.9. The fraction of sp³-hybridized carbons (Fsp3) is 0.500. The normalized spacial score (nSPS) is 15.6. The monoisotopic (exact) mass is 283 g/mol. The Balaban J connectivity index is 2.47. The minimum atomic E-state index is -0.266. The highest BCUT2D eigenvalue weighted by Gasteiger charge is 2.31. The quantitative estimate of drug-likeness (QED) is 0.795. The van der Waals surface area contributed by atoms with Gasteiger partial charge in [0.05, 0.1) is 13.7 Å². The number of methoxy groups -OCH3 is 1. The number of halogens is 1. The fourth-order valence-corrected chi connectivity index (χ4v) is 2.37. The van der Waals surface area contributed by atoms with Gasteiger partial charge in [0.15, 0.2) is 18.1 Å². The maximum Gasteiger partial charge on any atom is 0.261 e. The molecular weight excluding hydrogens is 266 g/mol. The third-order valence-corrected chi connectivity index (χ3v) is 3.31. The first kappa shape index (κ1) is 14.0. The smallest absolute Gasteiger partial charge is 0.261 e. The fourth-order valence-electron chi connectivity index (χ4n) is 2.14. The molecule has 0 radical (unpaired) electrons. The number of ether oxygens (including phenoxy) is 2. The largest absolute Gasteiger partial charge is 0.493 e. The van der Waals surface area contributed by atoms with E-state index in [2.05, 4.69) is 0 Å². The molecular formula is C14H18ClNO3. The summed E-state index contributed by atoms with van der Waals surface area (Å²) in [5, 5.41) is 0.572. The zero-order chi connectivity index (χ0) is 14.2. The van der Waals surface area contributed by atoms with Gasteiger partial charge in [0.1, 0.15) is 0 Å². The molecule has 1 aromatic rings. The maximum atomic E-state index is 12.1. The van der Waals surface area contributed by atoms with Gasteiger partial charge in [0.2, 0.25) is 0 Å². The molecule has 5 heteroatoms. The van der Waals surface area contributed by atoms with E-state index in [-0.39, 0.29) is 18.1 Å². The van der Waals surface area contributed by atoms with E-state index < -0.39 is 0 Å². The van der Waals surface area contributed by atoms with Crippen molar-refractivity contribution in [1.82, 2.24) is 4.90 Å². The molecule has 104 valence electrons. The van der Waals surface area contributed by atoms with Crippen molar-refractivity contribution >= 4 is 17.5 Å². The number of rotatable bonds is 1. The van der Waals surface area contributed by atoms with E-state index in [1.54, 1.807) is 18.1 Å². The highest BCUT2D eigenvalue weighted by Crippen LogP contribution is 2.37. The van der Waals surface area contributed by atoms with E-state index in [1.165, 1.54) is 0 Å². The van der Waals surface area contributed by atoms with Crippen LogP contribution in [0, 0.1) is 0 Å². The van der Waals surface area contributed by atoms with Crippen molar-refractivity contribution in [1.29, 1.82) is 0 Å². The van der Waals surface area contributed by atoms with Crippen molar-refractivity contribution in [3.05, 3.63) is 22.7 Å². The summed E-state index contributed by atoms with van der Waals surface area (Å²) in [6.07, 6.45) is 0. The molecule has 1 aliphatic rings. The second-order valence-electron chi connectivity index (χ2n) is 5.54. The van der Waals surface area contributed by atoms with E-state index in [4.69, 9.17) is 21.1 Å². The summed E-state index contributed by atoms with van der Waals surface area (Å²) in [6.45, 7) is 6.48. The van der Waals surface area contributed by atoms with Gasteiger partial charge in [-0.2, -0.15) is 0 Å². The summed E-state index contributed by atoms with van der Waals surface area (Å²) >= 11 is 6.07. The molecule has 0 atom stereocenters. The third kappa shape index (κ3) is 2.78. The molecule has 0 saturated heterocycles. The van der Waals surface area contributed by atoms with E-state index in [1.807, 2.05) is 26.8 Å². The number of benzene rings is 1. The highest BCUT2D eigenvalue weighted by atomic mass is 35.5. The Labute approximate surface area is 118 Å². The van der Waals surface area contributed by atoms with Crippen molar-refractivity contribution < 1.29 is 14.3 Å². The lowest BCUT2D eigenvalue weighted by atomic mass is 10.0. The number of hydrogen-bond donors (Lipinski definition) is 0. The third-order valence-electron chi connectivity index (χ3n) is 3.10. The van der Waals surface area contributed by atoms with Gasteiger partial charge in [0, 0.05) is 22.2 Å². The summed E-state index contributed by atoms with van der Waals surface area (Å²) in [5.41, 5.74) is 0.600. The van der Waals surface area contributed by atoms with Gasteiger partial charge in [-0.05, 0) is 26.8 Å². The lowest BCUT2D eigenvalue weighted by Crippen LogP contribution is -2.45. The van der Waals surface area contributed by atoms with Crippen LogP contribution in [-0.2, 0) is 11.3 Å². The Morgan fingerprint density at radius 2 is 2.05 bits per heavy atom. The van der Waals surface area contributed by atoms with Crippen LogP contribution in [0.3, 0.4) is 0 Å². The van der Waals surface area contributed by atoms with E-state index in [0.717, 1.165) is 5.56 Å².